The molecular weight excluding hydrogens is 360 g/mol. The highest BCUT2D eigenvalue weighted by Crippen LogP contribution is 2.40. The monoisotopic (exact) mass is 390 g/mol. The summed E-state index contributed by atoms with van der Waals surface area (Å²) in [6, 6.07) is 11.3. The van der Waals surface area contributed by atoms with E-state index in [0.717, 1.165) is 12.8 Å². The lowest BCUT2D eigenvalue weighted by Crippen LogP contribution is -2.23. The molecule has 0 fully saturated rings. The third-order valence-corrected chi connectivity index (χ3v) is 6.18. The summed E-state index contributed by atoms with van der Waals surface area (Å²) in [6.07, 6.45) is 6.98. The number of aliphatic hydroxyl groups excluding tert-OH is 1. The molecule has 0 amide bonds. The number of rotatable bonds is 7. The Labute approximate surface area is 172 Å². The van der Waals surface area contributed by atoms with Gasteiger partial charge in [0.1, 0.15) is 6.10 Å². The van der Waals surface area contributed by atoms with Gasteiger partial charge in [-0.25, -0.2) is 0 Å². The van der Waals surface area contributed by atoms with E-state index in [4.69, 9.17) is 9.47 Å². The van der Waals surface area contributed by atoms with Crippen LogP contribution in [0.2, 0.25) is 0 Å². The summed E-state index contributed by atoms with van der Waals surface area (Å²) in [5.74, 6) is 0.369. The normalized spacial score (nSPS) is 18.3. The van der Waals surface area contributed by atoms with E-state index >= 15 is 0 Å². The molecule has 0 aromatic heterocycles. The van der Waals surface area contributed by atoms with Crippen LogP contribution < -0.4 is 5.22 Å². The van der Waals surface area contributed by atoms with Crippen molar-refractivity contribution >= 4 is 33.7 Å². The molecule has 0 saturated carbocycles. The molecule has 1 aliphatic carbocycles. The maximum atomic E-state index is 9.86. The van der Waals surface area contributed by atoms with Gasteiger partial charge in [0.05, 0.1) is 19.8 Å². The number of methoxy groups -OCH3 is 1. The zero-order chi connectivity index (χ0) is 20.4. The third-order valence-electron chi connectivity index (χ3n) is 6.18. The Balaban J connectivity index is 1.78. The molecule has 0 radical (unpaired) electrons. The predicted molar refractivity (Wildman–Crippen MR) is 121 cm³/mol. The molecule has 3 heteroatoms. The lowest BCUT2D eigenvalue weighted by molar-refractivity contribution is -0.0104. The summed E-state index contributed by atoms with van der Waals surface area (Å²) in [5, 5.41) is 16.4. The molecule has 0 spiro atoms. The standard InChI is InChI=1S/C26H30O3/c1-4-17-9-10-19-13-24-20(14-29-16-21(27)15-28-3)7-6-8-22(24)23-12-11-18(5-2)25(17)26(19)23/h4-5,9-13,20-21,27H,2,6-8,14-16H2,1,3H3/b17-4-. The SMILES string of the molecule is C=Cc1ccc2c3c(cc4cc/c(=C/C)c1c42)C(COCC(O)COC)CCC3. The number of hydrogen-bond acceptors (Lipinski definition) is 3. The van der Waals surface area contributed by atoms with Crippen LogP contribution in [0.25, 0.3) is 33.7 Å². The number of ether oxygens (including phenoxy) is 2. The topological polar surface area (TPSA) is 38.7 Å². The first-order valence-electron chi connectivity index (χ1n) is 10.5. The fourth-order valence-electron chi connectivity index (χ4n) is 4.85. The summed E-state index contributed by atoms with van der Waals surface area (Å²) < 4.78 is 10.9. The van der Waals surface area contributed by atoms with Crippen molar-refractivity contribution < 1.29 is 14.6 Å². The largest absolute Gasteiger partial charge is 0.388 e. The van der Waals surface area contributed by atoms with E-state index in [9.17, 15) is 5.11 Å². The van der Waals surface area contributed by atoms with Gasteiger partial charge < -0.3 is 14.6 Å². The lowest BCUT2D eigenvalue weighted by Gasteiger charge is -2.28. The van der Waals surface area contributed by atoms with Crippen molar-refractivity contribution in [1.29, 1.82) is 0 Å². The van der Waals surface area contributed by atoms with Crippen LogP contribution in [0.3, 0.4) is 0 Å². The molecular formula is C26H30O3. The van der Waals surface area contributed by atoms with Gasteiger partial charge in [-0.3, -0.25) is 0 Å². The molecule has 0 saturated heterocycles. The van der Waals surface area contributed by atoms with Crippen LogP contribution in [0.1, 0.15) is 42.4 Å². The highest BCUT2D eigenvalue weighted by Gasteiger charge is 2.24. The minimum Gasteiger partial charge on any atom is -0.388 e. The summed E-state index contributed by atoms with van der Waals surface area (Å²) in [4.78, 5) is 0. The number of aliphatic hydroxyl groups is 1. The predicted octanol–water partition coefficient (Wildman–Crippen LogP) is 4.60. The maximum absolute atomic E-state index is 9.86. The van der Waals surface area contributed by atoms with E-state index in [2.05, 4.69) is 49.9 Å². The van der Waals surface area contributed by atoms with Crippen LogP contribution in [-0.4, -0.2) is 38.1 Å². The van der Waals surface area contributed by atoms with Crippen LogP contribution in [0, 0.1) is 0 Å². The van der Waals surface area contributed by atoms with E-state index in [1.165, 1.54) is 49.9 Å². The van der Waals surface area contributed by atoms with Crippen molar-refractivity contribution in [2.45, 2.75) is 38.2 Å². The van der Waals surface area contributed by atoms with Crippen molar-refractivity contribution in [3.8, 4) is 0 Å². The second kappa shape index (κ2) is 8.66. The molecule has 2 unspecified atom stereocenters. The zero-order valence-electron chi connectivity index (χ0n) is 17.4. The summed E-state index contributed by atoms with van der Waals surface area (Å²) in [7, 11) is 1.59. The van der Waals surface area contributed by atoms with Crippen LogP contribution in [0.4, 0.5) is 0 Å². The van der Waals surface area contributed by atoms with Gasteiger partial charge in [0, 0.05) is 13.0 Å². The molecule has 3 nitrogen and oxygen atoms in total. The highest BCUT2D eigenvalue weighted by atomic mass is 16.5. The van der Waals surface area contributed by atoms with Gasteiger partial charge in [-0.15, -0.1) is 0 Å². The molecule has 1 aliphatic rings. The van der Waals surface area contributed by atoms with Crippen LogP contribution in [0.5, 0.6) is 0 Å². The van der Waals surface area contributed by atoms with Crippen molar-refractivity contribution in [3.63, 3.8) is 0 Å². The molecule has 4 rings (SSSR count). The Morgan fingerprint density at radius 1 is 1.21 bits per heavy atom. The third kappa shape index (κ3) is 3.71. The van der Waals surface area contributed by atoms with Crippen LogP contribution >= 0.6 is 0 Å². The molecule has 0 aliphatic heterocycles. The van der Waals surface area contributed by atoms with E-state index in [0.29, 0.717) is 25.7 Å². The van der Waals surface area contributed by atoms with E-state index in [-0.39, 0.29) is 0 Å². The van der Waals surface area contributed by atoms with Crippen molar-refractivity contribution in [3.05, 3.63) is 58.8 Å². The Hall–Kier alpha value is -2.20. The number of fused-ring (bicyclic) bond motifs is 2. The quantitative estimate of drug-likeness (QED) is 0.641. The first kappa shape index (κ1) is 20.1. The Kier molecular flexibility index (Phi) is 6.00. The first-order valence-corrected chi connectivity index (χ1v) is 10.5. The smallest absolute Gasteiger partial charge is 0.101 e. The molecule has 2 atom stereocenters. The second-order valence-corrected chi connectivity index (χ2v) is 8.00. The average Bonchev–Trinajstić information content (AvgIpc) is 2.74. The molecule has 1 N–H and O–H groups in total. The fraction of sp³-hybridized carbons (Fsp3) is 0.385. The molecule has 152 valence electrons. The molecule has 3 aromatic rings. The van der Waals surface area contributed by atoms with Crippen LogP contribution in [-0.2, 0) is 15.9 Å². The summed E-state index contributed by atoms with van der Waals surface area (Å²) >= 11 is 0. The molecule has 29 heavy (non-hydrogen) atoms. The Morgan fingerprint density at radius 2 is 2.07 bits per heavy atom. The maximum Gasteiger partial charge on any atom is 0.101 e. The Bertz CT molecular complexity index is 1080. The van der Waals surface area contributed by atoms with E-state index in [1.54, 1.807) is 7.11 Å². The van der Waals surface area contributed by atoms with Gasteiger partial charge in [-0.05, 0) is 69.6 Å². The molecule has 0 heterocycles. The van der Waals surface area contributed by atoms with E-state index < -0.39 is 6.10 Å². The zero-order valence-corrected chi connectivity index (χ0v) is 17.4. The summed E-state index contributed by atoms with van der Waals surface area (Å²) in [5.41, 5.74) is 4.06. The van der Waals surface area contributed by atoms with Gasteiger partial charge in [0.25, 0.3) is 0 Å². The van der Waals surface area contributed by atoms with Crippen molar-refractivity contribution in [2.24, 2.45) is 0 Å². The van der Waals surface area contributed by atoms with Gasteiger partial charge in [0.2, 0.25) is 0 Å². The van der Waals surface area contributed by atoms with Crippen molar-refractivity contribution in [1.82, 2.24) is 0 Å². The first-order chi connectivity index (χ1) is 14.2. The van der Waals surface area contributed by atoms with Gasteiger partial charge >= 0.3 is 0 Å². The Morgan fingerprint density at radius 3 is 2.83 bits per heavy atom. The van der Waals surface area contributed by atoms with E-state index in [1.807, 2.05) is 6.08 Å². The van der Waals surface area contributed by atoms with Gasteiger partial charge in [0.15, 0.2) is 0 Å². The highest BCUT2D eigenvalue weighted by molar-refractivity contribution is 6.14. The lowest BCUT2D eigenvalue weighted by atomic mass is 9.78. The minimum absolute atomic E-state index is 0.308. The average molecular weight is 391 g/mol. The number of aryl methyl sites for hydroxylation is 1. The molecule has 0 bridgehead atoms. The second-order valence-electron chi connectivity index (χ2n) is 8.00. The fourth-order valence-corrected chi connectivity index (χ4v) is 4.85. The molecule has 3 aromatic carbocycles. The van der Waals surface area contributed by atoms with Gasteiger partial charge in [-0.2, -0.15) is 0 Å². The number of hydrogen-bond donors (Lipinski definition) is 1. The number of benzene rings is 3. The van der Waals surface area contributed by atoms with Crippen LogP contribution in [0.15, 0.2) is 36.9 Å². The van der Waals surface area contributed by atoms with Crippen molar-refractivity contribution in [2.75, 3.05) is 26.9 Å². The minimum atomic E-state index is -0.567. The van der Waals surface area contributed by atoms with Gasteiger partial charge in [-0.1, -0.05) is 49.1 Å². The summed E-state index contributed by atoms with van der Waals surface area (Å²) in [6.45, 7) is 7.39.